The molecule has 0 aromatic carbocycles. The van der Waals surface area contributed by atoms with Gasteiger partial charge in [0.2, 0.25) is 0 Å². The van der Waals surface area contributed by atoms with Crippen LogP contribution in [-0.2, 0) is 20.7 Å². The zero-order valence-electron chi connectivity index (χ0n) is 10.2. The van der Waals surface area contributed by atoms with Crippen molar-refractivity contribution < 1.29 is 27.9 Å². The quantitative estimate of drug-likeness (QED) is 0.433. The van der Waals surface area contributed by atoms with Crippen molar-refractivity contribution in [3.05, 3.63) is 30.1 Å². The Kier molecular flexibility index (Phi) is 5.43. The first-order valence-corrected chi connectivity index (χ1v) is 6.71. The third-order valence-corrected chi connectivity index (χ3v) is 3.08. The van der Waals surface area contributed by atoms with E-state index in [1.54, 1.807) is 29.1 Å². The molecule has 1 heterocycles. The standard InChI is InChI=1S/C10H15N2O5P/c1-12-6-3-9(4-7-12)10(13)11-5-8-17-18(14,15)16-2/h3-4,6-7H,5,8H2,1-2H3,(H-,11,13,14,15)/p+1. The van der Waals surface area contributed by atoms with Gasteiger partial charge in [-0.15, -0.1) is 0 Å². The molecule has 1 amide bonds. The van der Waals surface area contributed by atoms with E-state index in [4.69, 9.17) is 4.89 Å². The molecule has 8 heteroatoms. The Morgan fingerprint density at radius 1 is 1.50 bits per heavy atom. The fourth-order valence-electron chi connectivity index (χ4n) is 1.13. The molecule has 0 spiro atoms. The summed E-state index contributed by atoms with van der Waals surface area (Å²) in [6.07, 6.45) is 3.50. The summed E-state index contributed by atoms with van der Waals surface area (Å²) in [5, 5.41) is 2.55. The van der Waals surface area contributed by atoms with E-state index in [1.807, 2.05) is 7.05 Å². The summed E-state index contributed by atoms with van der Waals surface area (Å²) in [5.74, 6) is -0.274. The lowest BCUT2D eigenvalue weighted by molar-refractivity contribution is -0.671. The maximum atomic E-state index is 11.6. The summed E-state index contributed by atoms with van der Waals surface area (Å²) in [4.78, 5) is 20.5. The number of aryl methyl sites for hydroxylation is 1. The van der Waals surface area contributed by atoms with E-state index < -0.39 is 7.82 Å². The van der Waals surface area contributed by atoms with Gasteiger partial charge < -0.3 is 10.2 Å². The second kappa shape index (κ2) is 6.61. The summed E-state index contributed by atoms with van der Waals surface area (Å²) in [6, 6.07) is 3.34. The molecule has 100 valence electrons. The van der Waals surface area contributed by atoms with Crippen molar-refractivity contribution >= 4 is 13.7 Å². The van der Waals surface area contributed by atoms with Crippen molar-refractivity contribution in [3.8, 4) is 0 Å². The number of hydrogen-bond donors (Lipinski definition) is 2. The Hall–Kier alpha value is -1.27. The third-order valence-electron chi connectivity index (χ3n) is 2.11. The molecule has 0 aliphatic heterocycles. The second-order valence-corrected chi connectivity index (χ2v) is 5.05. The molecule has 1 atom stereocenters. The Labute approximate surface area is 105 Å². The first kappa shape index (κ1) is 14.8. The average molecular weight is 275 g/mol. The Bertz CT molecular complexity index is 448. The first-order valence-electron chi connectivity index (χ1n) is 5.21. The van der Waals surface area contributed by atoms with Crippen LogP contribution in [0.3, 0.4) is 0 Å². The van der Waals surface area contributed by atoms with Crippen LogP contribution >= 0.6 is 7.82 Å². The van der Waals surface area contributed by atoms with E-state index in [1.165, 1.54) is 0 Å². The number of amides is 1. The summed E-state index contributed by atoms with van der Waals surface area (Å²) >= 11 is 0. The highest BCUT2D eigenvalue weighted by Gasteiger charge is 2.17. The van der Waals surface area contributed by atoms with Crippen molar-refractivity contribution in [1.82, 2.24) is 5.32 Å². The minimum absolute atomic E-state index is 0.103. The van der Waals surface area contributed by atoms with Crippen molar-refractivity contribution in [3.63, 3.8) is 0 Å². The van der Waals surface area contributed by atoms with Gasteiger partial charge >= 0.3 is 7.82 Å². The van der Waals surface area contributed by atoms with Crippen LogP contribution in [0.25, 0.3) is 0 Å². The lowest BCUT2D eigenvalue weighted by Gasteiger charge is -2.09. The van der Waals surface area contributed by atoms with Crippen LogP contribution < -0.4 is 9.88 Å². The number of pyridine rings is 1. The van der Waals surface area contributed by atoms with Crippen LogP contribution in [0.1, 0.15) is 10.4 Å². The molecule has 0 aliphatic rings. The van der Waals surface area contributed by atoms with Gasteiger partial charge in [0, 0.05) is 25.8 Å². The van der Waals surface area contributed by atoms with E-state index in [0.717, 1.165) is 7.11 Å². The van der Waals surface area contributed by atoms with Crippen LogP contribution in [0.15, 0.2) is 24.5 Å². The van der Waals surface area contributed by atoms with Crippen molar-refractivity contribution in [2.24, 2.45) is 7.05 Å². The number of aromatic nitrogens is 1. The van der Waals surface area contributed by atoms with Gasteiger partial charge in [-0.3, -0.25) is 13.8 Å². The summed E-state index contributed by atoms with van der Waals surface area (Å²) in [6.45, 7) is 0.0156. The van der Waals surface area contributed by atoms with Crippen LogP contribution in [0.2, 0.25) is 0 Å². The minimum atomic E-state index is -3.97. The molecule has 18 heavy (non-hydrogen) atoms. The van der Waals surface area contributed by atoms with Gasteiger partial charge in [0.05, 0.1) is 12.2 Å². The second-order valence-electron chi connectivity index (χ2n) is 3.49. The number of nitrogens with one attached hydrogen (secondary N) is 1. The molecule has 1 unspecified atom stereocenters. The number of carbonyl (C=O) groups is 1. The van der Waals surface area contributed by atoms with E-state index in [2.05, 4.69) is 14.4 Å². The lowest BCUT2D eigenvalue weighted by Crippen LogP contribution is -2.30. The summed E-state index contributed by atoms with van der Waals surface area (Å²) < 4.78 is 21.5. The summed E-state index contributed by atoms with van der Waals surface area (Å²) in [7, 11) is -1.05. The van der Waals surface area contributed by atoms with E-state index in [9.17, 15) is 9.36 Å². The molecule has 0 bridgehead atoms. The van der Waals surface area contributed by atoms with Gasteiger partial charge in [0.15, 0.2) is 12.4 Å². The normalized spacial score (nSPS) is 13.9. The van der Waals surface area contributed by atoms with Crippen LogP contribution in [0.4, 0.5) is 0 Å². The maximum Gasteiger partial charge on any atom is 0.471 e. The van der Waals surface area contributed by atoms with Crippen LogP contribution in [-0.4, -0.2) is 31.1 Å². The molecule has 7 nitrogen and oxygen atoms in total. The highest BCUT2D eigenvalue weighted by atomic mass is 31.2. The third kappa shape index (κ3) is 4.93. The predicted molar refractivity (Wildman–Crippen MR) is 62.7 cm³/mol. The molecule has 0 saturated carbocycles. The molecule has 1 aromatic heterocycles. The Morgan fingerprint density at radius 2 is 2.11 bits per heavy atom. The molecule has 0 saturated heterocycles. The average Bonchev–Trinajstić information content (AvgIpc) is 2.35. The number of carbonyl (C=O) groups excluding carboxylic acids is 1. The number of nitrogens with zero attached hydrogens (tertiary/aromatic N) is 1. The van der Waals surface area contributed by atoms with Crippen LogP contribution in [0.5, 0.6) is 0 Å². The monoisotopic (exact) mass is 275 g/mol. The Balaban J connectivity index is 2.34. The molecule has 0 fully saturated rings. The molecule has 0 aliphatic carbocycles. The lowest BCUT2D eigenvalue weighted by atomic mass is 10.2. The smallest absolute Gasteiger partial charge is 0.350 e. The zero-order chi connectivity index (χ0) is 13.6. The Morgan fingerprint density at radius 3 is 2.67 bits per heavy atom. The zero-order valence-corrected chi connectivity index (χ0v) is 11.1. The predicted octanol–water partition coefficient (Wildman–Crippen LogP) is 0.00430. The highest BCUT2D eigenvalue weighted by molar-refractivity contribution is 7.47. The number of phosphoric acid groups is 1. The molecule has 0 radical (unpaired) electrons. The SMILES string of the molecule is COP(=O)(O)OCCNC(=O)c1cc[n+](C)cc1. The number of rotatable bonds is 6. The first-order chi connectivity index (χ1) is 8.44. The van der Waals surface area contributed by atoms with Gasteiger partial charge in [-0.2, -0.15) is 0 Å². The van der Waals surface area contributed by atoms with E-state index in [0.29, 0.717) is 5.56 Å². The molecule has 1 rings (SSSR count). The van der Waals surface area contributed by atoms with Gasteiger partial charge in [0.25, 0.3) is 5.91 Å². The van der Waals surface area contributed by atoms with E-state index in [-0.39, 0.29) is 19.1 Å². The molecule has 1 aromatic rings. The van der Waals surface area contributed by atoms with Crippen molar-refractivity contribution in [2.75, 3.05) is 20.3 Å². The van der Waals surface area contributed by atoms with Crippen LogP contribution in [0, 0.1) is 0 Å². The fraction of sp³-hybridized carbons (Fsp3) is 0.400. The highest BCUT2D eigenvalue weighted by Crippen LogP contribution is 2.41. The summed E-state index contributed by atoms with van der Waals surface area (Å²) in [5.41, 5.74) is 0.507. The van der Waals surface area contributed by atoms with Crippen molar-refractivity contribution in [1.29, 1.82) is 0 Å². The number of phosphoric ester groups is 1. The van der Waals surface area contributed by atoms with Gasteiger partial charge in [-0.05, 0) is 0 Å². The molecular formula is C10H16N2O5P+. The van der Waals surface area contributed by atoms with Gasteiger partial charge in [-0.1, -0.05) is 0 Å². The van der Waals surface area contributed by atoms with E-state index >= 15 is 0 Å². The number of hydrogen-bond acceptors (Lipinski definition) is 4. The largest absolute Gasteiger partial charge is 0.471 e. The fourth-order valence-corrected chi connectivity index (χ4v) is 1.56. The maximum absolute atomic E-state index is 11.6. The minimum Gasteiger partial charge on any atom is -0.350 e. The van der Waals surface area contributed by atoms with Gasteiger partial charge in [-0.25, -0.2) is 9.13 Å². The van der Waals surface area contributed by atoms with Crippen molar-refractivity contribution in [2.45, 2.75) is 0 Å². The molecular weight excluding hydrogens is 259 g/mol. The molecule has 2 N–H and O–H groups in total. The topological polar surface area (TPSA) is 88.7 Å². The van der Waals surface area contributed by atoms with Gasteiger partial charge in [0.1, 0.15) is 7.05 Å².